The number of anilines is 1. The molecule has 1 N–H and O–H groups in total. The molecule has 0 aliphatic carbocycles. The number of hydrogen-bond donors (Lipinski definition) is 1. The molecule has 5 nitrogen and oxygen atoms in total. The average Bonchev–Trinajstić information content (AvgIpc) is 3.20. The molecule has 4 aromatic rings. The van der Waals surface area contributed by atoms with E-state index in [-0.39, 0.29) is 18.2 Å². The maximum absolute atomic E-state index is 12.7. The minimum absolute atomic E-state index is 0.0866. The van der Waals surface area contributed by atoms with Gasteiger partial charge in [0.15, 0.2) is 0 Å². The van der Waals surface area contributed by atoms with Crippen molar-refractivity contribution < 1.29 is 9.59 Å². The van der Waals surface area contributed by atoms with Crippen LogP contribution in [0.2, 0.25) is 5.02 Å². The normalized spacial score (nSPS) is 16.3. The second-order valence-corrected chi connectivity index (χ2v) is 8.29. The zero-order valence-corrected chi connectivity index (χ0v) is 17.9. The highest BCUT2D eigenvalue weighted by Gasteiger charge is 2.35. The Morgan fingerprint density at radius 1 is 0.969 bits per heavy atom. The molecule has 0 saturated carbocycles. The van der Waals surface area contributed by atoms with Gasteiger partial charge in [0.2, 0.25) is 11.8 Å². The number of hydrogen-bond acceptors (Lipinski definition) is 3. The van der Waals surface area contributed by atoms with Gasteiger partial charge in [-0.05, 0) is 51.9 Å². The van der Waals surface area contributed by atoms with Crippen molar-refractivity contribution in [3.05, 3.63) is 89.4 Å². The lowest BCUT2D eigenvalue weighted by Crippen LogP contribution is -2.30. The number of rotatable bonds is 4. The summed E-state index contributed by atoms with van der Waals surface area (Å²) in [5.41, 5.74) is 4.32. The second kappa shape index (κ2) is 8.44. The largest absolute Gasteiger partial charge is 0.312 e. The molecule has 0 bridgehead atoms. The molecule has 1 aliphatic rings. The van der Waals surface area contributed by atoms with Gasteiger partial charge < -0.3 is 4.90 Å². The summed E-state index contributed by atoms with van der Waals surface area (Å²) in [5.74, 6) is -0.813. The Bertz CT molecular complexity index is 1310. The minimum atomic E-state index is -0.459. The summed E-state index contributed by atoms with van der Waals surface area (Å²) in [6.07, 6.45) is 1.84. The Labute approximate surface area is 190 Å². The van der Waals surface area contributed by atoms with Gasteiger partial charge in [0.1, 0.15) is 0 Å². The Morgan fingerprint density at radius 2 is 1.59 bits per heavy atom. The summed E-state index contributed by atoms with van der Waals surface area (Å²) in [5, 5.41) is 9.20. The van der Waals surface area contributed by atoms with E-state index in [1.165, 1.54) is 0 Å². The molecule has 0 radical (unpaired) electrons. The second-order valence-electron chi connectivity index (χ2n) is 7.85. The number of halogens is 1. The number of nitrogens with zero attached hydrogens (tertiary/aromatic N) is 2. The lowest BCUT2D eigenvalue weighted by Gasteiger charge is -2.16. The maximum Gasteiger partial charge on any atom is 0.245 e. The number of carbonyl (C=O) groups excluding carboxylic acids is 2. The molecule has 2 amide bonds. The molecule has 6 heteroatoms. The smallest absolute Gasteiger partial charge is 0.245 e. The number of nitrogens with one attached hydrogen (secondary N) is 1. The molecular formula is C26H20ClN3O2. The van der Waals surface area contributed by atoms with E-state index in [0.717, 1.165) is 32.8 Å². The lowest BCUT2D eigenvalue weighted by molar-refractivity contribution is -0.126. The van der Waals surface area contributed by atoms with Gasteiger partial charge in [-0.1, -0.05) is 60.1 Å². The van der Waals surface area contributed by atoms with Crippen molar-refractivity contribution >= 4 is 56.9 Å². The monoisotopic (exact) mass is 441 g/mol. The third kappa shape index (κ3) is 3.83. The first-order valence-electron chi connectivity index (χ1n) is 10.4. The zero-order chi connectivity index (χ0) is 22.1. The molecule has 0 spiro atoms. The molecule has 0 unspecified atom stereocenters. The fourth-order valence-corrected chi connectivity index (χ4v) is 4.32. The van der Waals surface area contributed by atoms with E-state index in [4.69, 9.17) is 11.6 Å². The summed E-state index contributed by atoms with van der Waals surface area (Å²) in [6, 6.07) is 25.4. The van der Waals surface area contributed by atoms with Gasteiger partial charge in [0.25, 0.3) is 0 Å². The molecule has 158 valence electrons. The highest BCUT2D eigenvalue weighted by molar-refractivity contribution is 6.30. The molecule has 4 aromatic carbocycles. The molecule has 0 aromatic heterocycles. The lowest BCUT2D eigenvalue weighted by atomic mass is 9.97. The average molecular weight is 442 g/mol. The Morgan fingerprint density at radius 3 is 2.25 bits per heavy atom. The number of carbonyl (C=O) groups is 2. The Kier molecular flexibility index (Phi) is 5.33. The van der Waals surface area contributed by atoms with E-state index in [1.807, 2.05) is 36.4 Å². The van der Waals surface area contributed by atoms with Gasteiger partial charge in [-0.15, -0.1) is 0 Å². The Balaban J connectivity index is 1.35. The molecule has 1 fully saturated rings. The standard InChI is InChI=1S/C26H20ClN3O2/c27-20-9-11-21(12-10-20)30-16-19(14-25(30)31)26(32)29-28-15-24-22-7-3-1-5-17(22)13-18-6-2-4-8-23(18)24/h1-13,15,19H,14,16H2,(H,29,32)/b28-15-/t19-/m1/s1. The first kappa shape index (κ1) is 20.2. The van der Waals surface area contributed by atoms with Crippen molar-refractivity contribution in [2.75, 3.05) is 11.4 Å². The van der Waals surface area contributed by atoms with Gasteiger partial charge in [0, 0.05) is 29.2 Å². The van der Waals surface area contributed by atoms with Crippen LogP contribution in [0.25, 0.3) is 21.5 Å². The SMILES string of the molecule is O=C(N/N=C\c1c2ccccc2cc2ccccc12)[C@@H]1CC(=O)N(c2ccc(Cl)cc2)C1. The highest BCUT2D eigenvalue weighted by atomic mass is 35.5. The molecular weight excluding hydrogens is 422 g/mol. The van der Waals surface area contributed by atoms with Gasteiger partial charge in [0.05, 0.1) is 12.1 Å². The van der Waals surface area contributed by atoms with E-state index in [0.29, 0.717) is 11.6 Å². The third-order valence-corrected chi connectivity index (χ3v) is 6.07. The highest BCUT2D eigenvalue weighted by Crippen LogP contribution is 2.28. The number of hydrazone groups is 1. The molecule has 32 heavy (non-hydrogen) atoms. The van der Waals surface area contributed by atoms with Crippen molar-refractivity contribution in [2.24, 2.45) is 11.0 Å². The fourth-order valence-electron chi connectivity index (χ4n) is 4.19. The predicted molar refractivity (Wildman–Crippen MR) is 129 cm³/mol. The van der Waals surface area contributed by atoms with Crippen molar-refractivity contribution in [1.29, 1.82) is 0 Å². The van der Waals surface area contributed by atoms with Gasteiger partial charge in [-0.2, -0.15) is 5.10 Å². The van der Waals surface area contributed by atoms with Crippen LogP contribution in [0.5, 0.6) is 0 Å². The van der Waals surface area contributed by atoms with Crippen molar-refractivity contribution in [2.45, 2.75) is 6.42 Å². The van der Waals surface area contributed by atoms with Gasteiger partial charge in [-0.25, -0.2) is 5.43 Å². The Hall–Kier alpha value is -3.70. The van der Waals surface area contributed by atoms with Gasteiger partial charge in [-0.3, -0.25) is 9.59 Å². The minimum Gasteiger partial charge on any atom is -0.312 e. The fraction of sp³-hybridized carbons (Fsp3) is 0.115. The number of benzene rings is 4. The van der Waals surface area contributed by atoms with Crippen LogP contribution in [0, 0.1) is 5.92 Å². The van der Waals surface area contributed by atoms with Crippen LogP contribution < -0.4 is 10.3 Å². The summed E-state index contributed by atoms with van der Waals surface area (Å²) in [6.45, 7) is 0.318. The van der Waals surface area contributed by atoms with E-state index < -0.39 is 5.92 Å². The van der Waals surface area contributed by atoms with Crippen LogP contribution in [0.3, 0.4) is 0 Å². The van der Waals surface area contributed by atoms with Gasteiger partial charge >= 0.3 is 0 Å². The van der Waals surface area contributed by atoms with E-state index in [1.54, 1.807) is 35.4 Å². The van der Waals surface area contributed by atoms with Crippen LogP contribution in [0.15, 0.2) is 84.0 Å². The molecule has 1 heterocycles. The number of fused-ring (bicyclic) bond motifs is 2. The van der Waals surface area contributed by atoms with Crippen LogP contribution in [0.4, 0.5) is 5.69 Å². The van der Waals surface area contributed by atoms with E-state index >= 15 is 0 Å². The summed E-state index contributed by atoms with van der Waals surface area (Å²) in [4.78, 5) is 26.8. The predicted octanol–water partition coefficient (Wildman–Crippen LogP) is 5.15. The molecule has 1 saturated heterocycles. The van der Waals surface area contributed by atoms with E-state index in [2.05, 4.69) is 28.7 Å². The first-order valence-corrected chi connectivity index (χ1v) is 10.8. The molecule has 1 aliphatic heterocycles. The molecule has 1 atom stereocenters. The topological polar surface area (TPSA) is 61.8 Å². The molecule has 5 rings (SSSR count). The summed E-state index contributed by atoms with van der Waals surface area (Å²) < 4.78 is 0. The summed E-state index contributed by atoms with van der Waals surface area (Å²) >= 11 is 5.93. The quantitative estimate of drug-likeness (QED) is 0.270. The van der Waals surface area contributed by atoms with Crippen molar-refractivity contribution in [3.8, 4) is 0 Å². The zero-order valence-electron chi connectivity index (χ0n) is 17.2. The van der Waals surface area contributed by atoms with Crippen LogP contribution in [-0.4, -0.2) is 24.6 Å². The van der Waals surface area contributed by atoms with E-state index in [9.17, 15) is 9.59 Å². The maximum atomic E-state index is 12.7. The third-order valence-electron chi connectivity index (χ3n) is 5.82. The summed E-state index contributed by atoms with van der Waals surface area (Å²) in [7, 11) is 0. The number of amides is 2. The van der Waals surface area contributed by atoms with Crippen molar-refractivity contribution in [3.63, 3.8) is 0 Å². The van der Waals surface area contributed by atoms with Crippen LogP contribution in [0.1, 0.15) is 12.0 Å². The van der Waals surface area contributed by atoms with Crippen LogP contribution >= 0.6 is 11.6 Å². The van der Waals surface area contributed by atoms with Crippen molar-refractivity contribution in [1.82, 2.24) is 5.43 Å². The first-order chi connectivity index (χ1) is 15.6. The van der Waals surface area contributed by atoms with Crippen LogP contribution in [-0.2, 0) is 9.59 Å².